The molecule has 0 saturated carbocycles. The molecule has 18 heavy (non-hydrogen) atoms. The van der Waals surface area contributed by atoms with Crippen LogP contribution in [0, 0.1) is 12.7 Å². The van der Waals surface area contributed by atoms with Gasteiger partial charge in [-0.3, -0.25) is 0 Å². The van der Waals surface area contributed by atoms with Crippen LogP contribution in [0.25, 0.3) is 0 Å². The Morgan fingerprint density at radius 2 is 1.89 bits per heavy atom. The van der Waals surface area contributed by atoms with E-state index < -0.39 is 0 Å². The first kappa shape index (κ1) is 11.1. The molecule has 1 aromatic heterocycles. The zero-order chi connectivity index (χ0) is 12.5. The highest BCUT2D eigenvalue weighted by atomic mass is 19.1. The minimum atomic E-state index is -0.192. The number of anilines is 1. The summed E-state index contributed by atoms with van der Waals surface area (Å²) in [5.41, 5.74) is 2.17. The fourth-order valence-corrected chi connectivity index (χ4v) is 2.23. The number of rotatable bonds is 2. The Bertz CT molecular complexity index is 547. The Labute approximate surface area is 105 Å². The summed E-state index contributed by atoms with van der Waals surface area (Å²) in [7, 11) is 0. The van der Waals surface area contributed by atoms with E-state index in [0.717, 1.165) is 30.3 Å². The van der Waals surface area contributed by atoms with Gasteiger partial charge in [0.05, 0.1) is 5.69 Å². The summed E-state index contributed by atoms with van der Waals surface area (Å²) in [6.45, 7) is 3.77. The number of halogens is 1. The van der Waals surface area contributed by atoms with E-state index in [9.17, 15) is 4.39 Å². The van der Waals surface area contributed by atoms with Gasteiger partial charge in [0, 0.05) is 30.9 Å². The lowest BCUT2D eigenvalue weighted by Gasteiger charge is -2.40. The lowest BCUT2D eigenvalue weighted by Crippen LogP contribution is -2.45. The van der Waals surface area contributed by atoms with E-state index >= 15 is 0 Å². The van der Waals surface area contributed by atoms with Crippen LogP contribution in [0.2, 0.25) is 0 Å². The second-order valence-corrected chi connectivity index (χ2v) is 4.61. The molecule has 1 aromatic carbocycles. The molecule has 0 amide bonds. The monoisotopic (exact) mass is 243 g/mol. The maximum atomic E-state index is 12.8. The normalized spacial score (nSPS) is 15.6. The minimum Gasteiger partial charge on any atom is -0.370 e. The van der Waals surface area contributed by atoms with Gasteiger partial charge in [-0.25, -0.2) is 14.4 Å². The van der Waals surface area contributed by atoms with E-state index in [1.54, 1.807) is 6.20 Å². The molecule has 0 N–H and O–H groups in total. The van der Waals surface area contributed by atoms with Gasteiger partial charge < -0.3 is 4.90 Å². The molecule has 0 spiro atoms. The topological polar surface area (TPSA) is 29.0 Å². The Morgan fingerprint density at radius 1 is 1.17 bits per heavy atom. The highest BCUT2D eigenvalue weighted by Gasteiger charge is 2.29. The van der Waals surface area contributed by atoms with Crippen molar-refractivity contribution in [3.05, 3.63) is 53.9 Å². The Hall–Kier alpha value is -1.97. The number of hydrogen-bond donors (Lipinski definition) is 0. The summed E-state index contributed by atoms with van der Waals surface area (Å²) < 4.78 is 12.8. The summed E-state index contributed by atoms with van der Waals surface area (Å²) in [4.78, 5) is 10.8. The largest absolute Gasteiger partial charge is 0.370 e. The molecule has 92 valence electrons. The molecule has 2 aromatic rings. The van der Waals surface area contributed by atoms with Crippen molar-refractivity contribution in [2.45, 2.75) is 12.8 Å². The van der Waals surface area contributed by atoms with Gasteiger partial charge in [0.25, 0.3) is 0 Å². The predicted molar refractivity (Wildman–Crippen MR) is 68.1 cm³/mol. The van der Waals surface area contributed by atoms with Gasteiger partial charge in [-0.2, -0.15) is 0 Å². The van der Waals surface area contributed by atoms with E-state index in [1.807, 2.05) is 25.1 Å². The van der Waals surface area contributed by atoms with Crippen LogP contribution in [0.15, 0.2) is 36.5 Å². The maximum Gasteiger partial charge on any atom is 0.125 e. The molecule has 1 aliphatic rings. The summed E-state index contributed by atoms with van der Waals surface area (Å²) in [5.74, 6) is 1.08. The predicted octanol–water partition coefficient (Wildman–Crippen LogP) is 2.53. The van der Waals surface area contributed by atoms with E-state index in [0.29, 0.717) is 5.92 Å². The Balaban J connectivity index is 1.68. The highest BCUT2D eigenvalue weighted by molar-refractivity contribution is 5.50. The average molecular weight is 243 g/mol. The number of nitrogens with zero attached hydrogens (tertiary/aromatic N) is 3. The quantitative estimate of drug-likeness (QED) is 0.811. The first-order valence-corrected chi connectivity index (χ1v) is 6.02. The van der Waals surface area contributed by atoms with Crippen molar-refractivity contribution in [1.82, 2.24) is 9.97 Å². The fraction of sp³-hybridized carbons (Fsp3) is 0.286. The van der Waals surface area contributed by atoms with E-state index in [-0.39, 0.29) is 5.82 Å². The molecule has 3 rings (SSSR count). The first-order chi connectivity index (χ1) is 8.72. The number of aromatic nitrogens is 2. The molecular weight excluding hydrogens is 229 g/mol. The Morgan fingerprint density at radius 3 is 2.56 bits per heavy atom. The fourth-order valence-electron chi connectivity index (χ4n) is 2.23. The van der Waals surface area contributed by atoms with E-state index in [4.69, 9.17) is 0 Å². The molecule has 0 unspecified atom stereocenters. The third-order valence-corrected chi connectivity index (χ3v) is 3.29. The van der Waals surface area contributed by atoms with Crippen molar-refractivity contribution < 1.29 is 4.39 Å². The smallest absolute Gasteiger partial charge is 0.125 e. The molecule has 3 nitrogen and oxygen atoms in total. The number of aryl methyl sites for hydroxylation is 1. The summed E-state index contributed by atoms with van der Waals surface area (Å²) in [6.07, 6.45) is 1.80. The van der Waals surface area contributed by atoms with Crippen LogP contribution in [-0.4, -0.2) is 23.1 Å². The molecule has 0 aliphatic carbocycles. The second kappa shape index (κ2) is 4.37. The summed E-state index contributed by atoms with van der Waals surface area (Å²) >= 11 is 0. The van der Waals surface area contributed by atoms with Gasteiger partial charge in [0.2, 0.25) is 0 Å². The molecule has 1 saturated heterocycles. The van der Waals surface area contributed by atoms with Gasteiger partial charge in [0.1, 0.15) is 11.6 Å². The number of benzene rings is 1. The summed E-state index contributed by atoms with van der Waals surface area (Å²) in [6, 6.07) is 8.60. The van der Waals surface area contributed by atoms with E-state index in [2.05, 4.69) is 14.9 Å². The molecule has 0 atom stereocenters. The van der Waals surface area contributed by atoms with Crippen molar-refractivity contribution >= 4 is 5.69 Å². The van der Waals surface area contributed by atoms with Crippen molar-refractivity contribution in [3.8, 4) is 0 Å². The van der Waals surface area contributed by atoms with Crippen LogP contribution in [0.5, 0.6) is 0 Å². The van der Waals surface area contributed by atoms with Crippen LogP contribution in [0.3, 0.4) is 0 Å². The van der Waals surface area contributed by atoms with Crippen LogP contribution in [0.1, 0.15) is 17.4 Å². The van der Waals surface area contributed by atoms with Crippen molar-refractivity contribution in [2.24, 2.45) is 0 Å². The number of hydrogen-bond acceptors (Lipinski definition) is 3. The van der Waals surface area contributed by atoms with Gasteiger partial charge >= 0.3 is 0 Å². The zero-order valence-electron chi connectivity index (χ0n) is 10.2. The molecule has 2 heterocycles. The zero-order valence-corrected chi connectivity index (χ0v) is 10.2. The molecule has 1 aliphatic heterocycles. The van der Waals surface area contributed by atoms with Crippen LogP contribution < -0.4 is 4.90 Å². The SMILES string of the molecule is Cc1nccc(C2CN(c3ccc(F)cc3)C2)n1. The van der Waals surface area contributed by atoms with Gasteiger partial charge in [-0.05, 0) is 37.3 Å². The van der Waals surface area contributed by atoms with Gasteiger partial charge in [-0.1, -0.05) is 0 Å². The van der Waals surface area contributed by atoms with Crippen LogP contribution >= 0.6 is 0 Å². The van der Waals surface area contributed by atoms with Crippen molar-refractivity contribution in [3.63, 3.8) is 0 Å². The molecule has 0 radical (unpaired) electrons. The second-order valence-electron chi connectivity index (χ2n) is 4.61. The molecule has 0 bridgehead atoms. The molecular formula is C14H14FN3. The van der Waals surface area contributed by atoms with Gasteiger partial charge in [-0.15, -0.1) is 0 Å². The van der Waals surface area contributed by atoms with E-state index in [1.165, 1.54) is 12.1 Å². The van der Waals surface area contributed by atoms with Crippen molar-refractivity contribution in [1.29, 1.82) is 0 Å². The highest BCUT2D eigenvalue weighted by Crippen LogP contribution is 2.30. The van der Waals surface area contributed by atoms with Crippen molar-refractivity contribution in [2.75, 3.05) is 18.0 Å². The Kier molecular flexibility index (Phi) is 2.70. The summed E-state index contributed by atoms with van der Waals surface area (Å²) in [5, 5.41) is 0. The van der Waals surface area contributed by atoms with Crippen LogP contribution in [-0.2, 0) is 0 Å². The lowest BCUT2D eigenvalue weighted by molar-refractivity contribution is 0.511. The first-order valence-electron chi connectivity index (χ1n) is 6.02. The minimum absolute atomic E-state index is 0.192. The molecule has 1 fully saturated rings. The third-order valence-electron chi connectivity index (χ3n) is 3.29. The molecule has 4 heteroatoms. The maximum absolute atomic E-state index is 12.8. The lowest BCUT2D eigenvalue weighted by atomic mass is 9.95. The third kappa shape index (κ3) is 2.06. The van der Waals surface area contributed by atoms with Gasteiger partial charge in [0.15, 0.2) is 0 Å². The standard InChI is InChI=1S/C14H14FN3/c1-10-16-7-6-14(17-10)11-8-18(9-11)13-4-2-12(15)3-5-13/h2-7,11H,8-9H2,1H3. The average Bonchev–Trinajstić information content (AvgIpc) is 2.30. The van der Waals surface area contributed by atoms with Crippen LogP contribution in [0.4, 0.5) is 10.1 Å².